The normalized spacial score (nSPS) is 12.6. The van der Waals surface area contributed by atoms with Gasteiger partial charge in [-0.2, -0.15) is 18.3 Å². The lowest BCUT2D eigenvalue weighted by Crippen LogP contribution is -2.26. The Hall–Kier alpha value is -2.05. The largest absolute Gasteiger partial charge is 0.503 e. The zero-order valence-electron chi connectivity index (χ0n) is 14.1. The molecule has 2 aromatic rings. The molecule has 0 aliphatic carbocycles. The van der Waals surface area contributed by atoms with Crippen molar-refractivity contribution in [3.05, 3.63) is 41.6 Å². The molecule has 0 amide bonds. The van der Waals surface area contributed by atoms with Crippen LogP contribution in [-0.4, -0.2) is 31.8 Å². The highest BCUT2D eigenvalue weighted by atomic mass is 32.2. The minimum absolute atomic E-state index is 0.0695. The van der Waals surface area contributed by atoms with Crippen molar-refractivity contribution in [2.24, 2.45) is 0 Å². The van der Waals surface area contributed by atoms with Crippen LogP contribution in [0.2, 0.25) is 19.6 Å². The molecule has 0 bridgehead atoms. The predicted octanol–water partition coefficient (Wildman–Crippen LogP) is 3.70. The predicted molar refractivity (Wildman–Crippen MR) is 91.8 cm³/mol. The van der Waals surface area contributed by atoms with Gasteiger partial charge in [-0.15, -0.1) is 5.54 Å². The summed E-state index contributed by atoms with van der Waals surface area (Å²) in [6, 6.07) is 6.25. The van der Waals surface area contributed by atoms with Gasteiger partial charge in [0.1, 0.15) is 8.07 Å². The van der Waals surface area contributed by atoms with E-state index < -0.39 is 28.4 Å². The summed E-state index contributed by atoms with van der Waals surface area (Å²) in [5.74, 6) is 3.02. The van der Waals surface area contributed by atoms with Gasteiger partial charge in [-0.25, -0.2) is 13.1 Å². The van der Waals surface area contributed by atoms with Crippen molar-refractivity contribution in [3.63, 3.8) is 0 Å². The van der Waals surface area contributed by atoms with Crippen LogP contribution in [0.25, 0.3) is 5.69 Å². The average molecular weight is 386 g/mol. The molecule has 0 saturated carbocycles. The molecule has 1 aromatic heterocycles. The number of hydrogen-bond acceptors (Lipinski definition) is 3. The summed E-state index contributed by atoms with van der Waals surface area (Å²) >= 11 is 0. The van der Waals surface area contributed by atoms with Crippen LogP contribution >= 0.6 is 0 Å². The Morgan fingerprint density at radius 1 is 1.12 bits per heavy atom. The van der Waals surface area contributed by atoms with E-state index in [4.69, 9.17) is 0 Å². The standard InChI is InChI=1S/C16H17F3N2O2SSi/c1-12-11-20-21(15(12)24(22,23)16(17,18)19)14-7-5-13(6-8-14)9-10-25(2,3)4/h5-8,11H,1-4H3. The second kappa shape index (κ2) is 6.35. The highest BCUT2D eigenvalue weighted by molar-refractivity contribution is 7.92. The topological polar surface area (TPSA) is 52.0 Å². The third kappa shape index (κ3) is 4.14. The van der Waals surface area contributed by atoms with E-state index in [1.807, 2.05) is 0 Å². The van der Waals surface area contributed by atoms with Crippen LogP contribution in [0.1, 0.15) is 11.1 Å². The number of sulfone groups is 1. The number of rotatable bonds is 2. The molecule has 1 aromatic carbocycles. The fourth-order valence-corrected chi connectivity index (χ4v) is 3.58. The van der Waals surface area contributed by atoms with Crippen molar-refractivity contribution in [1.29, 1.82) is 0 Å². The molecule has 0 fully saturated rings. The maximum absolute atomic E-state index is 12.9. The Labute approximate surface area is 145 Å². The van der Waals surface area contributed by atoms with Gasteiger partial charge in [0.15, 0.2) is 5.03 Å². The van der Waals surface area contributed by atoms with Gasteiger partial charge >= 0.3 is 5.51 Å². The van der Waals surface area contributed by atoms with E-state index >= 15 is 0 Å². The number of aromatic nitrogens is 2. The van der Waals surface area contributed by atoms with E-state index in [0.717, 1.165) is 10.9 Å². The van der Waals surface area contributed by atoms with Crippen LogP contribution < -0.4 is 0 Å². The summed E-state index contributed by atoms with van der Waals surface area (Å²) in [4.78, 5) is 0. The molecular weight excluding hydrogens is 369 g/mol. The summed E-state index contributed by atoms with van der Waals surface area (Å²) in [6.07, 6.45) is 1.09. The number of halogens is 3. The molecule has 25 heavy (non-hydrogen) atoms. The zero-order chi connectivity index (χ0) is 19.0. The molecule has 134 valence electrons. The Morgan fingerprint density at radius 2 is 1.68 bits per heavy atom. The van der Waals surface area contributed by atoms with E-state index in [0.29, 0.717) is 5.56 Å². The molecule has 0 spiro atoms. The molecule has 9 heteroatoms. The first-order chi connectivity index (χ1) is 11.3. The van der Waals surface area contributed by atoms with Gasteiger partial charge in [0.05, 0.1) is 11.9 Å². The van der Waals surface area contributed by atoms with Gasteiger partial charge in [-0.3, -0.25) is 0 Å². The smallest absolute Gasteiger partial charge is 0.222 e. The van der Waals surface area contributed by atoms with Gasteiger partial charge in [0.25, 0.3) is 9.84 Å². The van der Waals surface area contributed by atoms with Crippen molar-refractivity contribution in [2.75, 3.05) is 0 Å². The van der Waals surface area contributed by atoms with E-state index in [-0.39, 0.29) is 11.3 Å². The first kappa shape index (κ1) is 19.3. The maximum atomic E-state index is 12.9. The van der Waals surface area contributed by atoms with Crippen molar-refractivity contribution >= 4 is 17.9 Å². The Balaban J connectivity index is 2.50. The summed E-state index contributed by atoms with van der Waals surface area (Å²) in [7, 11) is -7.06. The third-order valence-corrected chi connectivity index (χ3v) is 5.64. The van der Waals surface area contributed by atoms with E-state index in [1.54, 1.807) is 12.1 Å². The SMILES string of the molecule is Cc1cnn(-c2ccc(C#C[Si](C)(C)C)cc2)c1S(=O)(=O)C(F)(F)F. The summed E-state index contributed by atoms with van der Waals surface area (Å²) in [6.45, 7) is 7.55. The van der Waals surface area contributed by atoms with Gasteiger partial charge in [0.2, 0.25) is 0 Å². The Morgan fingerprint density at radius 3 is 2.16 bits per heavy atom. The van der Waals surface area contributed by atoms with Crippen molar-refractivity contribution in [2.45, 2.75) is 37.1 Å². The molecule has 0 aliphatic heterocycles. The highest BCUT2D eigenvalue weighted by Crippen LogP contribution is 2.33. The van der Waals surface area contributed by atoms with Crippen molar-refractivity contribution < 1.29 is 21.6 Å². The monoisotopic (exact) mass is 386 g/mol. The van der Waals surface area contributed by atoms with Crippen LogP contribution in [-0.2, 0) is 9.84 Å². The zero-order valence-corrected chi connectivity index (χ0v) is 16.0. The van der Waals surface area contributed by atoms with E-state index in [1.165, 1.54) is 19.1 Å². The highest BCUT2D eigenvalue weighted by Gasteiger charge is 2.49. The number of hydrogen-bond donors (Lipinski definition) is 0. The molecule has 4 nitrogen and oxygen atoms in total. The second-order valence-corrected chi connectivity index (χ2v) is 13.1. The third-order valence-electron chi connectivity index (χ3n) is 3.15. The number of aryl methyl sites for hydroxylation is 1. The summed E-state index contributed by atoms with van der Waals surface area (Å²) in [5, 5.41) is 2.91. The lowest BCUT2D eigenvalue weighted by Gasteiger charge is -2.12. The van der Waals surface area contributed by atoms with Gasteiger partial charge < -0.3 is 0 Å². The fraction of sp³-hybridized carbons (Fsp3) is 0.312. The lowest BCUT2D eigenvalue weighted by molar-refractivity contribution is -0.0439. The minimum Gasteiger partial charge on any atom is -0.222 e. The molecule has 0 N–H and O–H groups in total. The van der Waals surface area contributed by atoms with Crippen molar-refractivity contribution in [3.8, 4) is 17.2 Å². The summed E-state index contributed by atoms with van der Waals surface area (Å²) in [5.41, 5.74) is -1.36. The average Bonchev–Trinajstić information content (AvgIpc) is 2.86. The Bertz CT molecular complexity index is 944. The molecule has 1 heterocycles. The van der Waals surface area contributed by atoms with Gasteiger partial charge in [-0.05, 0) is 31.2 Å². The maximum Gasteiger partial charge on any atom is 0.503 e. The van der Waals surface area contributed by atoms with Crippen LogP contribution in [0.5, 0.6) is 0 Å². The Kier molecular flexibility index (Phi) is 4.89. The molecule has 0 saturated heterocycles. The minimum atomic E-state index is -5.50. The molecule has 0 unspecified atom stereocenters. The van der Waals surface area contributed by atoms with Crippen LogP contribution in [0.4, 0.5) is 13.2 Å². The molecule has 0 radical (unpaired) electrons. The molecule has 0 aliphatic rings. The van der Waals surface area contributed by atoms with Gasteiger partial charge in [0, 0.05) is 11.1 Å². The van der Waals surface area contributed by atoms with Crippen molar-refractivity contribution in [1.82, 2.24) is 9.78 Å². The fourth-order valence-electron chi connectivity index (χ4n) is 1.98. The first-order valence-electron chi connectivity index (χ1n) is 7.32. The quantitative estimate of drug-likeness (QED) is 0.584. The lowest BCUT2D eigenvalue weighted by atomic mass is 10.2. The molecular formula is C16H17F3N2O2SSi. The second-order valence-electron chi connectivity index (χ2n) is 6.54. The summed E-state index contributed by atoms with van der Waals surface area (Å²) < 4.78 is 63.1. The number of alkyl halides is 3. The van der Waals surface area contributed by atoms with Crippen LogP contribution in [0.3, 0.4) is 0 Å². The number of nitrogens with zero attached hydrogens (tertiary/aromatic N) is 2. The molecule has 0 atom stereocenters. The van der Waals surface area contributed by atoms with E-state index in [9.17, 15) is 21.6 Å². The first-order valence-corrected chi connectivity index (χ1v) is 12.3. The number of benzene rings is 1. The van der Waals surface area contributed by atoms with Gasteiger partial charge in [-0.1, -0.05) is 25.6 Å². The van der Waals surface area contributed by atoms with Crippen LogP contribution in [0.15, 0.2) is 35.5 Å². The van der Waals surface area contributed by atoms with E-state index in [2.05, 4.69) is 36.2 Å². The molecule has 2 rings (SSSR count). The van der Waals surface area contributed by atoms with Crippen LogP contribution in [0, 0.1) is 18.4 Å².